The number of nitrogens with one attached hydrogen (secondary N) is 1. The third kappa shape index (κ3) is 4.78. The molecule has 0 aliphatic rings. The molecule has 0 aromatic heterocycles. The van der Waals surface area contributed by atoms with Gasteiger partial charge >= 0.3 is 6.61 Å². The maximum atomic E-state index is 12.0. The molecule has 3 N–H and O–H groups in total. The molecule has 0 heterocycles. The van der Waals surface area contributed by atoms with E-state index in [1.165, 1.54) is 24.3 Å². The lowest BCUT2D eigenvalue weighted by Crippen LogP contribution is -2.35. The predicted molar refractivity (Wildman–Crippen MR) is 59.1 cm³/mol. The van der Waals surface area contributed by atoms with E-state index in [1.54, 1.807) is 6.92 Å². The molecule has 0 saturated heterocycles. The van der Waals surface area contributed by atoms with Crippen molar-refractivity contribution < 1.29 is 18.3 Å². The van der Waals surface area contributed by atoms with Gasteiger partial charge < -0.3 is 15.8 Å². The second kappa shape index (κ2) is 6.15. The van der Waals surface area contributed by atoms with Crippen LogP contribution in [0.4, 0.5) is 8.78 Å². The Morgan fingerprint density at radius 3 is 2.82 bits per heavy atom. The van der Waals surface area contributed by atoms with E-state index in [0.717, 1.165) is 0 Å². The number of nitrogens with two attached hydrogens (primary N) is 1. The Kier molecular flexibility index (Phi) is 4.84. The molecule has 6 heteroatoms. The number of ether oxygens (including phenoxy) is 1. The van der Waals surface area contributed by atoms with Crippen molar-refractivity contribution in [3.05, 3.63) is 29.8 Å². The standard InChI is InChI=1S/C11H14F2N2O2/c1-7(14)6-15-10(16)8-3-2-4-9(5-8)17-11(12)13/h2-5,7,11H,6,14H2,1H3,(H,15,16). The summed E-state index contributed by atoms with van der Waals surface area (Å²) in [4.78, 5) is 11.6. The lowest BCUT2D eigenvalue weighted by atomic mass is 10.2. The molecule has 1 unspecified atom stereocenters. The normalized spacial score (nSPS) is 12.3. The summed E-state index contributed by atoms with van der Waals surface area (Å²) in [5, 5.41) is 2.57. The first-order valence-electron chi connectivity index (χ1n) is 5.07. The molecule has 1 aromatic carbocycles. The monoisotopic (exact) mass is 244 g/mol. The Bertz CT molecular complexity index is 383. The molecule has 0 radical (unpaired) electrons. The third-order valence-electron chi connectivity index (χ3n) is 1.91. The molecule has 0 saturated carbocycles. The molecule has 0 bridgehead atoms. The van der Waals surface area contributed by atoms with Gasteiger partial charge in [0.1, 0.15) is 5.75 Å². The molecular weight excluding hydrogens is 230 g/mol. The Hall–Kier alpha value is -1.69. The maximum absolute atomic E-state index is 12.0. The van der Waals surface area contributed by atoms with Crippen molar-refractivity contribution in [3.8, 4) is 5.75 Å². The van der Waals surface area contributed by atoms with Gasteiger partial charge in [-0.05, 0) is 25.1 Å². The van der Waals surface area contributed by atoms with Gasteiger partial charge in [0.15, 0.2) is 0 Å². The number of carbonyl (C=O) groups is 1. The molecule has 1 amide bonds. The number of alkyl halides is 2. The second-order valence-corrected chi connectivity index (χ2v) is 3.59. The Balaban J connectivity index is 2.67. The van der Waals surface area contributed by atoms with E-state index in [0.29, 0.717) is 6.54 Å². The summed E-state index contributed by atoms with van der Waals surface area (Å²) >= 11 is 0. The summed E-state index contributed by atoms with van der Waals surface area (Å²) in [5.41, 5.74) is 5.73. The molecule has 1 rings (SSSR count). The zero-order chi connectivity index (χ0) is 12.8. The molecule has 1 atom stereocenters. The number of amides is 1. The first kappa shape index (κ1) is 13.4. The van der Waals surface area contributed by atoms with Crippen LogP contribution >= 0.6 is 0 Å². The van der Waals surface area contributed by atoms with Gasteiger partial charge in [-0.25, -0.2) is 0 Å². The van der Waals surface area contributed by atoms with Crippen LogP contribution in [0.3, 0.4) is 0 Å². The van der Waals surface area contributed by atoms with E-state index < -0.39 is 6.61 Å². The minimum absolute atomic E-state index is 0.0477. The van der Waals surface area contributed by atoms with Crippen molar-refractivity contribution >= 4 is 5.91 Å². The molecule has 0 spiro atoms. The Labute approximate surface area is 97.8 Å². The van der Waals surface area contributed by atoms with Crippen molar-refractivity contribution in [2.45, 2.75) is 19.6 Å². The smallest absolute Gasteiger partial charge is 0.387 e. The number of hydrogen-bond acceptors (Lipinski definition) is 3. The van der Waals surface area contributed by atoms with Gasteiger partial charge in [-0.15, -0.1) is 0 Å². The van der Waals surface area contributed by atoms with Crippen LogP contribution in [0, 0.1) is 0 Å². The van der Waals surface area contributed by atoms with Crippen molar-refractivity contribution in [1.29, 1.82) is 0 Å². The molecule has 94 valence electrons. The van der Waals surface area contributed by atoms with Crippen LogP contribution in [0.25, 0.3) is 0 Å². The van der Waals surface area contributed by atoms with Crippen molar-refractivity contribution in [2.24, 2.45) is 5.73 Å². The third-order valence-corrected chi connectivity index (χ3v) is 1.91. The highest BCUT2D eigenvalue weighted by Crippen LogP contribution is 2.15. The van der Waals surface area contributed by atoms with Gasteiger partial charge in [0, 0.05) is 18.2 Å². The van der Waals surface area contributed by atoms with Crippen LogP contribution in [-0.4, -0.2) is 25.1 Å². The molecule has 0 fully saturated rings. The first-order valence-corrected chi connectivity index (χ1v) is 5.07. The van der Waals surface area contributed by atoms with E-state index in [2.05, 4.69) is 10.1 Å². The topological polar surface area (TPSA) is 64.3 Å². The molecule has 0 aliphatic heterocycles. The second-order valence-electron chi connectivity index (χ2n) is 3.59. The van der Waals surface area contributed by atoms with E-state index in [1.807, 2.05) is 0 Å². The average molecular weight is 244 g/mol. The molecule has 4 nitrogen and oxygen atoms in total. The van der Waals surface area contributed by atoms with Crippen molar-refractivity contribution in [1.82, 2.24) is 5.32 Å². The maximum Gasteiger partial charge on any atom is 0.387 e. The molecule has 0 aliphatic carbocycles. The quantitative estimate of drug-likeness (QED) is 0.822. The zero-order valence-electron chi connectivity index (χ0n) is 9.32. The average Bonchev–Trinajstić information content (AvgIpc) is 2.25. The summed E-state index contributed by atoms with van der Waals surface area (Å²) in [5.74, 6) is -0.421. The van der Waals surface area contributed by atoms with Crippen LogP contribution in [-0.2, 0) is 0 Å². The zero-order valence-corrected chi connectivity index (χ0v) is 9.32. The fourth-order valence-corrected chi connectivity index (χ4v) is 1.17. The van der Waals surface area contributed by atoms with Gasteiger partial charge in [-0.3, -0.25) is 4.79 Å². The first-order chi connectivity index (χ1) is 7.99. The summed E-state index contributed by atoms with van der Waals surface area (Å²) in [7, 11) is 0. The SMILES string of the molecule is CC(N)CNC(=O)c1cccc(OC(F)F)c1. The fourth-order valence-electron chi connectivity index (χ4n) is 1.17. The Morgan fingerprint density at radius 2 is 2.24 bits per heavy atom. The van der Waals surface area contributed by atoms with Crippen LogP contribution in [0.1, 0.15) is 17.3 Å². The van der Waals surface area contributed by atoms with Crippen LogP contribution in [0.15, 0.2) is 24.3 Å². The number of hydrogen-bond donors (Lipinski definition) is 2. The minimum Gasteiger partial charge on any atom is -0.435 e. The van der Waals surface area contributed by atoms with Gasteiger partial charge in [0.25, 0.3) is 5.91 Å². The van der Waals surface area contributed by atoms with Gasteiger partial charge in [0.05, 0.1) is 0 Å². The van der Waals surface area contributed by atoms with Crippen molar-refractivity contribution in [3.63, 3.8) is 0 Å². The number of halogens is 2. The van der Waals surface area contributed by atoms with E-state index >= 15 is 0 Å². The lowest BCUT2D eigenvalue weighted by Gasteiger charge is -2.09. The fraction of sp³-hybridized carbons (Fsp3) is 0.364. The molecule has 17 heavy (non-hydrogen) atoms. The van der Waals surface area contributed by atoms with E-state index in [-0.39, 0.29) is 23.3 Å². The highest BCUT2D eigenvalue weighted by atomic mass is 19.3. The summed E-state index contributed by atoms with van der Waals surface area (Å²) in [6, 6.07) is 5.42. The van der Waals surface area contributed by atoms with Crippen LogP contribution in [0.2, 0.25) is 0 Å². The highest BCUT2D eigenvalue weighted by Gasteiger charge is 2.09. The number of rotatable bonds is 5. The van der Waals surface area contributed by atoms with Crippen LogP contribution in [0.5, 0.6) is 5.75 Å². The van der Waals surface area contributed by atoms with Gasteiger partial charge in [-0.1, -0.05) is 6.07 Å². The lowest BCUT2D eigenvalue weighted by molar-refractivity contribution is -0.0498. The highest BCUT2D eigenvalue weighted by molar-refractivity contribution is 5.94. The molecule has 1 aromatic rings. The van der Waals surface area contributed by atoms with Crippen LogP contribution < -0.4 is 15.8 Å². The summed E-state index contributed by atoms with van der Waals surface area (Å²) in [6.45, 7) is -0.840. The number of benzene rings is 1. The summed E-state index contributed by atoms with van der Waals surface area (Å²) < 4.78 is 28.1. The molecular formula is C11H14F2N2O2. The van der Waals surface area contributed by atoms with Crippen molar-refractivity contribution in [2.75, 3.05) is 6.54 Å². The minimum atomic E-state index is -2.91. The van der Waals surface area contributed by atoms with Gasteiger partial charge in [-0.2, -0.15) is 8.78 Å². The van der Waals surface area contributed by atoms with E-state index in [4.69, 9.17) is 5.73 Å². The predicted octanol–water partition coefficient (Wildman–Crippen LogP) is 1.36. The van der Waals surface area contributed by atoms with E-state index in [9.17, 15) is 13.6 Å². The van der Waals surface area contributed by atoms with Gasteiger partial charge in [0.2, 0.25) is 0 Å². The summed E-state index contributed by atoms with van der Waals surface area (Å²) in [6.07, 6.45) is 0. The largest absolute Gasteiger partial charge is 0.435 e. The number of carbonyl (C=O) groups excluding carboxylic acids is 1. The Morgan fingerprint density at radius 1 is 1.53 bits per heavy atom.